The van der Waals surface area contributed by atoms with Crippen molar-refractivity contribution in [2.75, 3.05) is 19.7 Å². The lowest BCUT2D eigenvalue weighted by molar-refractivity contribution is -0.120. The van der Waals surface area contributed by atoms with Gasteiger partial charge in [0.15, 0.2) is 17.4 Å². The Morgan fingerprint density at radius 1 is 1.00 bits per heavy atom. The Labute approximate surface area is 296 Å². The smallest absolute Gasteiger partial charge is 0.409 e. The molecule has 8 heteroatoms. The van der Waals surface area contributed by atoms with E-state index < -0.39 is 40.6 Å². The minimum absolute atomic E-state index is 0.0413. The van der Waals surface area contributed by atoms with Crippen LogP contribution in [0.25, 0.3) is 0 Å². The van der Waals surface area contributed by atoms with E-state index in [-0.39, 0.29) is 30.0 Å². The molecule has 6 aliphatic rings. The molecule has 6 aliphatic carbocycles. The van der Waals surface area contributed by atoms with Crippen LogP contribution in [-0.4, -0.2) is 58.4 Å². The number of nitrogens with zero attached hydrogens (tertiary/aromatic N) is 1. The van der Waals surface area contributed by atoms with Crippen LogP contribution >= 0.6 is 0 Å². The maximum absolute atomic E-state index is 14.4. The zero-order chi connectivity index (χ0) is 36.0. The summed E-state index contributed by atoms with van der Waals surface area (Å²) < 4.78 is 33.9. The number of ether oxygens (including phenoxy) is 1. The molecular weight excluding hydrogens is 636 g/mol. The van der Waals surface area contributed by atoms with E-state index in [0.29, 0.717) is 62.5 Å². The Hall–Kier alpha value is -3.10. The van der Waals surface area contributed by atoms with Crippen molar-refractivity contribution in [2.24, 2.45) is 28.6 Å². The molecule has 0 heterocycles. The molecule has 7 atom stereocenters. The predicted molar refractivity (Wildman–Crippen MR) is 190 cm³/mol. The highest BCUT2D eigenvalue weighted by Crippen LogP contribution is 2.62. The number of hydrogen-bond acceptors (Lipinski definition) is 5. The summed E-state index contributed by atoms with van der Waals surface area (Å²) in [5, 5.41) is 23.8. The highest BCUT2D eigenvalue weighted by molar-refractivity contribution is 6.10. The van der Waals surface area contributed by atoms with E-state index in [1.54, 1.807) is 17.9 Å². The number of carbonyl (C=O) groups is 2. The summed E-state index contributed by atoms with van der Waals surface area (Å²) in [5.41, 5.74) is 1.32. The van der Waals surface area contributed by atoms with E-state index in [1.807, 2.05) is 12.1 Å². The molecule has 4 bridgehead atoms. The van der Waals surface area contributed by atoms with E-state index in [4.69, 9.17) is 4.74 Å². The van der Waals surface area contributed by atoms with Crippen molar-refractivity contribution in [3.8, 4) is 0 Å². The minimum Gasteiger partial charge on any atom is -0.450 e. The van der Waals surface area contributed by atoms with Crippen molar-refractivity contribution in [1.82, 2.24) is 4.90 Å². The molecule has 8 rings (SSSR count). The molecule has 0 aliphatic heterocycles. The van der Waals surface area contributed by atoms with Crippen LogP contribution in [0.2, 0.25) is 0 Å². The maximum atomic E-state index is 14.4. The van der Waals surface area contributed by atoms with Crippen LogP contribution in [0.5, 0.6) is 0 Å². The van der Waals surface area contributed by atoms with Crippen molar-refractivity contribution in [3.05, 3.63) is 81.9 Å². The van der Waals surface area contributed by atoms with Gasteiger partial charge in [-0.25, -0.2) is 13.6 Å². The van der Waals surface area contributed by atoms with Crippen LogP contribution in [0.3, 0.4) is 0 Å². The zero-order valence-corrected chi connectivity index (χ0v) is 30.4. The van der Waals surface area contributed by atoms with Gasteiger partial charge in [-0.3, -0.25) is 4.79 Å². The minimum atomic E-state index is -1.28. The Kier molecular flexibility index (Phi) is 10.4. The SMILES string of the molecule is CCOC(=O)N(CC1CCC2CC1C2(C)C)CC1(O)CCC2c3ccc(cc3C(=O)c3ccc(F)c(F)c3)CC(O)CCC(C)=CCCC21C. The number of rotatable bonds is 7. The van der Waals surface area contributed by atoms with Crippen LogP contribution in [0.4, 0.5) is 13.6 Å². The first-order valence-corrected chi connectivity index (χ1v) is 18.8. The maximum Gasteiger partial charge on any atom is 0.409 e. The number of amides is 1. The van der Waals surface area contributed by atoms with Crippen LogP contribution in [0.15, 0.2) is 48.0 Å². The van der Waals surface area contributed by atoms with Crippen LogP contribution in [0, 0.1) is 40.2 Å². The van der Waals surface area contributed by atoms with Gasteiger partial charge in [0.25, 0.3) is 0 Å². The largest absolute Gasteiger partial charge is 0.450 e. The average molecular weight is 692 g/mol. The van der Waals surface area contributed by atoms with Gasteiger partial charge in [-0.15, -0.1) is 0 Å². The topological polar surface area (TPSA) is 87.1 Å². The first kappa shape index (κ1) is 36.7. The first-order chi connectivity index (χ1) is 23.7. The summed E-state index contributed by atoms with van der Waals surface area (Å²) in [7, 11) is 0. The second-order valence-electron chi connectivity index (χ2n) is 16.7. The fraction of sp³-hybridized carbons (Fsp3) is 0.619. The van der Waals surface area contributed by atoms with Gasteiger partial charge in [-0.05, 0) is 143 Å². The molecule has 6 nitrogen and oxygen atoms in total. The third-order valence-electron chi connectivity index (χ3n) is 13.5. The van der Waals surface area contributed by atoms with Gasteiger partial charge < -0.3 is 19.8 Å². The van der Waals surface area contributed by atoms with Gasteiger partial charge in [-0.2, -0.15) is 0 Å². The fourth-order valence-electron chi connectivity index (χ4n) is 10.2. The van der Waals surface area contributed by atoms with E-state index in [9.17, 15) is 28.6 Å². The number of halogens is 2. The van der Waals surface area contributed by atoms with Crippen molar-refractivity contribution in [2.45, 2.75) is 116 Å². The standard InChI is InChI=1S/C42H55F2NO5/c1-6-50-39(48)45(24-29-11-13-30-23-35(29)40(30,3)4)25-42(49)19-17-34-32-15-10-27(20-31(46)14-9-26(2)8-7-18-41(34,42)5)21-33(32)38(47)28-12-16-36(43)37(44)22-28/h8,10,12,15-16,21-22,29-31,34-35,46,49H,6-7,9,11,13-14,17-20,23-25H2,1-5H3. The molecule has 0 aromatic heterocycles. The van der Waals surface area contributed by atoms with E-state index in [2.05, 4.69) is 33.8 Å². The molecular formula is C42H55F2NO5. The van der Waals surface area contributed by atoms with Crippen molar-refractivity contribution >= 4 is 11.9 Å². The zero-order valence-electron chi connectivity index (χ0n) is 30.4. The molecule has 0 saturated heterocycles. The molecule has 7 unspecified atom stereocenters. The molecule has 1 amide bonds. The molecule has 272 valence electrons. The van der Waals surface area contributed by atoms with E-state index in [0.717, 1.165) is 48.4 Å². The van der Waals surface area contributed by atoms with Gasteiger partial charge >= 0.3 is 6.09 Å². The summed E-state index contributed by atoms with van der Waals surface area (Å²) in [6.45, 7) is 11.6. The Balaban J connectivity index is 1.40. The number of ketones is 1. The van der Waals surface area contributed by atoms with Crippen molar-refractivity contribution < 1.29 is 33.3 Å². The van der Waals surface area contributed by atoms with Crippen LogP contribution < -0.4 is 0 Å². The van der Waals surface area contributed by atoms with Crippen molar-refractivity contribution in [1.29, 1.82) is 0 Å². The number of fused-ring (bicyclic) bond motifs is 10. The molecule has 50 heavy (non-hydrogen) atoms. The molecule has 4 saturated carbocycles. The van der Waals surface area contributed by atoms with Crippen LogP contribution in [-0.2, 0) is 11.2 Å². The fourth-order valence-corrected chi connectivity index (χ4v) is 10.2. The summed E-state index contributed by atoms with van der Waals surface area (Å²) in [4.78, 5) is 29.6. The number of carbonyl (C=O) groups excluding carboxylic acids is 2. The molecule has 0 radical (unpaired) electrons. The molecule has 2 aromatic carbocycles. The first-order valence-electron chi connectivity index (χ1n) is 18.8. The summed E-state index contributed by atoms with van der Waals surface area (Å²) in [5.74, 6) is -1.20. The molecule has 2 N–H and O–H groups in total. The molecule has 4 fully saturated rings. The number of benzene rings is 2. The lowest BCUT2D eigenvalue weighted by Gasteiger charge is -2.60. The van der Waals surface area contributed by atoms with Gasteiger partial charge in [0.2, 0.25) is 0 Å². The number of hydrogen-bond donors (Lipinski definition) is 2. The van der Waals surface area contributed by atoms with Gasteiger partial charge in [-0.1, -0.05) is 44.6 Å². The second-order valence-corrected chi connectivity index (χ2v) is 16.7. The average Bonchev–Trinajstić information content (AvgIpc) is 3.33. The van der Waals surface area contributed by atoms with Crippen molar-refractivity contribution in [3.63, 3.8) is 0 Å². The third-order valence-corrected chi connectivity index (χ3v) is 13.5. The van der Waals surface area contributed by atoms with E-state index in [1.165, 1.54) is 18.1 Å². The Morgan fingerprint density at radius 3 is 2.48 bits per heavy atom. The highest BCUT2D eigenvalue weighted by Gasteiger charge is 2.59. The van der Waals surface area contributed by atoms with Gasteiger partial charge in [0.05, 0.1) is 24.9 Å². The van der Waals surface area contributed by atoms with Gasteiger partial charge in [0.1, 0.15) is 0 Å². The summed E-state index contributed by atoms with van der Waals surface area (Å²) in [6, 6.07) is 8.86. The Morgan fingerprint density at radius 2 is 1.78 bits per heavy atom. The quantitative estimate of drug-likeness (QED) is 0.224. The van der Waals surface area contributed by atoms with E-state index >= 15 is 0 Å². The summed E-state index contributed by atoms with van der Waals surface area (Å²) >= 11 is 0. The number of aliphatic hydroxyl groups is 2. The normalized spacial score (nSPS) is 31.9. The lowest BCUT2D eigenvalue weighted by Crippen LogP contribution is -2.58. The monoisotopic (exact) mass is 691 g/mol. The predicted octanol–water partition coefficient (Wildman–Crippen LogP) is 8.77. The molecule has 2 aromatic rings. The van der Waals surface area contributed by atoms with Crippen LogP contribution in [0.1, 0.15) is 125 Å². The summed E-state index contributed by atoms with van der Waals surface area (Å²) in [6.07, 6.45) is 8.52. The highest BCUT2D eigenvalue weighted by atomic mass is 19.2. The Bertz CT molecular complexity index is 1640. The third kappa shape index (κ3) is 6.79. The lowest BCUT2D eigenvalue weighted by atomic mass is 9.45. The second kappa shape index (κ2) is 14.1. The molecule has 0 spiro atoms. The number of allylic oxidation sites excluding steroid dienone is 2. The number of aliphatic hydroxyl groups excluding tert-OH is 1. The van der Waals surface area contributed by atoms with Gasteiger partial charge in [0, 0.05) is 23.1 Å².